The third kappa shape index (κ3) is 5.37. The molecule has 112 valence electrons. The van der Waals surface area contributed by atoms with Crippen LogP contribution in [-0.4, -0.2) is 46.9 Å². The van der Waals surface area contributed by atoms with Gasteiger partial charge in [-0.1, -0.05) is 26.3 Å². The van der Waals surface area contributed by atoms with Crippen molar-refractivity contribution in [3.8, 4) is 0 Å². The second kappa shape index (κ2) is 9.16. The summed E-state index contributed by atoms with van der Waals surface area (Å²) in [6.45, 7) is 12.0. The van der Waals surface area contributed by atoms with E-state index in [1.807, 2.05) is 0 Å². The summed E-state index contributed by atoms with van der Waals surface area (Å²) in [6.07, 6.45) is 3.69. The number of rotatable bonds is 8. The normalized spacial score (nSPS) is 9.14. The number of hydrogen-bond acceptors (Lipinski definition) is 5. The first-order valence-electron chi connectivity index (χ1n) is 5.71. The largest absolute Gasteiger partial charge is 0.340 e. The van der Waals surface area contributed by atoms with Crippen molar-refractivity contribution < 1.29 is 23.9 Å². The molecule has 0 fully saturated rings. The lowest BCUT2D eigenvalue weighted by Crippen LogP contribution is -2.41. The zero-order chi connectivity index (χ0) is 16.4. The maximum absolute atomic E-state index is 11.4. The Hall–Kier alpha value is -2.80. The Kier molecular flexibility index (Phi) is 7.94. The molecule has 7 nitrogen and oxygen atoms in total. The second-order valence-electron chi connectivity index (χ2n) is 3.49. The molecule has 0 aromatic rings. The molecule has 0 spiro atoms. The molecule has 0 saturated heterocycles. The number of carbonyl (C=O) groups excluding carboxylic acids is 4. The van der Waals surface area contributed by atoms with Gasteiger partial charge in [-0.3, -0.25) is 29.0 Å². The van der Waals surface area contributed by atoms with Gasteiger partial charge in [0.15, 0.2) is 0 Å². The van der Waals surface area contributed by atoms with Crippen molar-refractivity contribution >= 4 is 23.6 Å². The zero-order valence-electron chi connectivity index (χ0n) is 11.5. The Bertz CT molecular complexity index is 412. The number of amides is 4. The highest BCUT2D eigenvalue weighted by Gasteiger charge is 2.20. The van der Waals surface area contributed by atoms with Crippen molar-refractivity contribution in [1.29, 1.82) is 0 Å². The Morgan fingerprint density at radius 3 is 1.10 bits per heavy atom. The maximum Gasteiger partial charge on any atom is 0.254 e. The smallest absolute Gasteiger partial charge is 0.254 e. The summed E-state index contributed by atoms with van der Waals surface area (Å²) in [7, 11) is 0. The second-order valence-corrected chi connectivity index (χ2v) is 3.49. The fourth-order valence-corrected chi connectivity index (χ4v) is 1.14. The van der Waals surface area contributed by atoms with E-state index in [1.54, 1.807) is 0 Å². The minimum absolute atomic E-state index is 0.471. The molecule has 0 N–H and O–H groups in total. The van der Waals surface area contributed by atoms with Crippen LogP contribution in [0.2, 0.25) is 0 Å². The van der Waals surface area contributed by atoms with Gasteiger partial charge < -0.3 is 4.74 Å². The summed E-state index contributed by atoms with van der Waals surface area (Å²) >= 11 is 0. The number of imide groups is 2. The van der Waals surface area contributed by atoms with E-state index >= 15 is 0 Å². The van der Waals surface area contributed by atoms with Gasteiger partial charge in [-0.25, -0.2) is 0 Å². The first-order chi connectivity index (χ1) is 9.92. The summed E-state index contributed by atoms with van der Waals surface area (Å²) in [5.41, 5.74) is 0. The Morgan fingerprint density at radius 1 is 0.667 bits per heavy atom. The molecular formula is C14H16N2O5. The summed E-state index contributed by atoms with van der Waals surface area (Å²) in [5, 5.41) is 0. The average Bonchev–Trinajstić information content (AvgIpc) is 2.52. The monoisotopic (exact) mass is 292 g/mol. The van der Waals surface area contributed by atoms with E-state index in [1.165, 1.54) is 0 Å². The van der Waals surface area contributed by atoms with Crippen molar-refractivity contribution in [3.05, 3.63) is 50.6 Å². The predicted molar refractivity (Wildman–Crippen MR) is 75.3 cm³/mol. The molecule has 0 rings (SSSR count). The molecule has 0 aliphatic rings. The lowest BCUT2D eigenvalue weighted by Gasteiger charge is -2.21. The van der Waals surface area contributed by atoms with E-state index in [9.17, 15) is 19.2 Å². The van der Waals surface area contributed by atoms with Gasteiger partial charge in [0.25, 0.3) is 23.6 Å². The molecule has 0 unspecified atom stereocenters. The first-order valence-corrected chi connectivity index (χ1v) is 5.71. The highest BCUT2D eigenvalue weighted by atomic mass is 16.5. The fraction of sp³-hybridized carbons (Fsp3) is 0.143. The number of ether oxygens (including phenoxy) is 1. The van der Waals surface area contributed by atoms with Gasteiger partial charge in [0.05, 0.1) is 0 Å². The van der Waals surface area contributed by atoms with Crippen LogP contribution in [-0.2, 0) is 23.9 Å². The SMILES string of the molecule is C=CC(=O)N(COCN(C(=O)C=C)C(=O)C=C)C(=O)C=C. The summed E-state index contributed by atoms with van der Waals surface area (Å²) in [4.78, 5) is 47.2. The van der Waals surface area contributed by atoms with E-state index in [0.717, 1.165) is 24.3 Å². The molecule has 0 heterocycles. The van der Waals surface area contributed by atoms with Crippen LogP contribution in [0.3, 0.4) is 0 Å². The van der Waals surface area contributed by atoms with Crippen LogP contribution in [0.1, 0.15) is 0 Å². The van der Waals surface area contributed by atoms with Crippen LogP contribution in [0.15, 0.2) is 50.6 Å². The van der Waals surface area contributed by atoms with E-state index in [2.05, 4.69) is 26.3 Å². The molecule has 0 bridgehead atoms. The first kappa shape index (κ1) is 18.2. The molecule has 7 heteroatoms. The van der Waals surface area contributed by atoms with Gasteiger partial charge in [0.1, 0.15) is 13.5 Å². The van der Waals surface area contributed by atoms with Crippen LogP contribution in [0, 0.1) is 0 Å². The van der Waals surface area contributed by atoms with Crippen molar-refractivity contribution in [2.75, 3.05) is 13.5 Å². The quantitative estimate of drug-likeness (QED) is 0.477. The van der Waals surface area contributed by atoms with E-state index in [4.69, 9.17) is 4.74 Å². The number of carbonyl (C=O) groups is 4. The van der Waals surface area contributed by atoms with E-state index in [-0.39, 0.29) is 0 Å². The summed E-state index contributed by atoms with van der Waals surface area (Å²) in [6, 6.07) is 0. The molecule has 21 heavy (non-hydrogen) atoms. The van der Waals surface area contributed by atoms with Gasteiger partial charge in [-0.15, -0.1) is 0 Å². The summed E-state index contributed by atoms with van der Waals surface area (Å²) < 4.78 is 5.03. The highest BCUT2D eigenvalue weighted by Crippen LogP contribution is 1.99. The number of nitrogens with zero attached hydrogens (tertiary/aromatic N) is 2. The van der Waals surface area contributed by atoms with Gasteiger partial charge >= 0.3 is 0 Å². The zero-order valence-corrected chi connectivity index (χ0v) is 11.5. The maximum atomic E-state index is 11.4. The van der Waals surface area contributed by atoms with Crippen molar-refractivity contribution in [1.82, 2.24) is 9.80 Å². The predicted octanol–water partition coefficient (Wildman–Crippen LogP) is 0.372. The standard InChI is InChI=1S/C14H16N2O5/c1-5-11(17)15(12(18)6-2)9-21-10-16(13(19)7-3)14(20)8-4/h5-8H,1-4,9-10H2. The molecule has 0 saturated carbocycles. The van der Waals surface area contributed by atoms with E-state index < -0.39 is 37.1 Å². The Labute approximate surface area is 122 Å². The van der Waals surface area contributed by atoms with Crippen molar-refractivity contribution in [3.63, 3.8) is 0 Å². The lowest BCUT2D eigenvalue weighted by molar-refractivity contribution is -0.151. The molecule has 0 aliphatic heterocycles. The third-order valence-corrected chi connectivity index (χ3v) is 2.20. The van der Waals surface area contributed by atoms with Crippen molar-refractivity contribution in [2.24, 2.45) is 0 Å². The minimum atomic E-state index is -0.698. The lowest BCUT2D eigenvalue weighted by atomic mass is 10.4. The number of hydrogen-bond donors (Lipinski definition) is 0. The molecule has 0 atom stereocenters. The van der Waals surface area contributed by atoms with Crippen LogP contribution >= 0.6 is 0 Å². The van der Waals surface area contributed by atoms with Crippen LogP contribution in [0.4, 0.5) is 0 Å². The van der Waals surface area contributed by atoms with E-state index in [0.29, 0.717) is 9.80 Å². The van der Waals surface area contributed by atoms with Gasteiger partial charge in [0, 0.05) is 0 Å². The molecule has 0 aromatic heterocycles. The summed E-state index contributed by atoms with van der Waals surface area (Å²) in [5.74, 6) is -2.79. The fourth-order valence-electron chi connectivity index (χ4n) is 1.14. The van der Waals surface area contributed by atoms with Gasteiger partial charge in [0.2, 0.25) is 0 Å². The van der Waals surface area contributed by atoms with Gasteiger partial charge in [-0.2, -0.15) is 0 Å². The molecule has 4 amide bonds. The van der Waals surface area contributed by atoms with Crippen molar-refractivity contribution in [2.45, 2.75) is 0 Å². The third-order valence-electron chi connectivity index (χ3n) is 2.20. The van der Waals surface area contributed by atoms with Crippen LogP contribution in [0.25, 0.3) is 0 Å². The topological polar surface area (TPSA) is 84.0 Å². The average molecular weight is 292 g/mol. The molecule has 0 aromatic carbocycles. The molecule has 0 aliphatic carbocycles. The minimum Gasteiger partial charge on any atom is -0.340 e. The van der Waals surface area contributed by atoms with Gasteiger partial charge in [-0.05, 0) is 24.3 Å². The Balaban J connectivity index is 4.79. The van der Waals surface area contributed by atoms with Crippen LogP contribution < -0.4 is 0 Å². The highest BCUT2D eigenvalue weighted by molar-refractivity contribution is 6.05. The molecular weight excluding hydrogens is 276 g/mol. The molecule has 0 radical (unpaired) electrons. The van der Waals surface area contributed by atoms with Crippen LogP contribution in [0.5, 0.6) is 0 Å². The Morgan fingerprint density at radius 2 is 0.905 bits per heavy atom.